The Bertz CT molecular complexity index is 713. The first-order valence-electron chi connectivity index (χ1n) is 11.8. The van der Waals surface area contributed by atoms with E-state index in [0.717, 1.165) is 55.6 Å². The Labute approximate surface area is 187 Å². The number of hydrogen-bond donors (Lipinski definition) is 2. The second-order valence-electron chi connectivity index (χ2n) is 8.39. The second-order valence-corrected chi connectivity index (χ2v) is 8.39. The van der Waals surface area contributed by atoms with Gasteiger partial charge in [-0.25, -0.2) is 0 Å². The van der Waals surface area contributed by atoms with Crippen LogP contribution in [0.3, 0.4) is 0 Å². The maximum atomic E-state index is 5.79. The zero-order chi connectivity index (χ0) is 22.1. The van der Waals surface area contributed by atoms with E-state index in [0.29, 0.717) is 13.2 Å². The van der Waals surface area contributed by atoms with E-state index in [1.165, 1.54) is 25.9 Å². The first-order chi connectivity index (χ1) is 15.1. The Balaban J connectivity index is 1.64. The topological polar surface area (TPSA) is 67.4 Å². The minimum Gasteiger partial charge on any atom is -0.490 e. The third kappa shape index (κ3) is 6.04. The average molecular weight is 433 g/mol. The van der Waals surface area contributed by atoms with Gasteiger partial charge in [-0.1, -0.05) is 6.07 Å². The average Bonchev–Trinajstić information content (AvgIpc) is 3.34. The van der Waals surface area contributed by atoms with Crippen LogP contribution in [0.25, 0.3) is 0 Å². The molecule has 1 aromatic carbocycles. The first-order valence-corrected chi connectivity index (χ1v) is 11.8. The molecule has 0 aliphatic carbocycles. The van der Waals surface area contributed by atoms with Gasteiger partial charge in [0.1, 0.15) is 0 Å². The molecule has 2 aliphatic heterocycles. The highest BCUT2D eigenvalue weighted by Crippen LogP contribution is 2.32. The van der Waals surface area contributed by atoms with Crippen molar-refractivity contribution in [3.63, 3.8) is 0 Å². The predicted molar refractivity (Wildman–Crippen MR) is 125 cm³/mol. The van der Waals surface area contributed by atoms with Crippen LogP contribution in [-0.4, -0.2) is 69.5 Å². The molecule has 2 aliphatic rings. The van der Waals surface area contributed by atoms with Crippen LogP contribution in [0.4, 0.5) is 0 Å². The van der Waals surface area contributed by atoms with Crippen LogP contribution in [0.15, 0.2) is 23.2 Å². The monoisotopic (exact) mass is 432 g/mol. The number of nitrogens with zero attached hydrogens (tertiary/aromatic N) is 2. The fourth-order valence-corrected chi connectivity index (χ4v) is 4.62. The van der Waals surface area contributed by atoms with Crippen LogP contribution in [0.1, 0.15) is 58.1 Å². The van der Waals surface area contributed by atoms with Crippen molar-refractivity contribution in [1.82, 2.24) is 15.5 Å². The maximum Gasteiger partial charge on any atom is 0.191 e. The van der Waals surface area contributed by atoms with E-state index < -0.39 is 0 Å². The molecular weight excluding hydrogens is 392 g/mol. The molecule has 2 saturated heterocycles. The molecule has 174 valence electrons. The van der Waals surface area contributed by atoms with Gasteiger partial charge in [-0.15, -0.1) is 0 Å². The lowest BCUT2D eigenvalue weighted by molar-refractivity contribution is -0.0164. The number of aliphatic imine (C=N–C) groups is 1. The van der Waals surface area contributed by atoms with Gasteiger partial charge in [0.25, 0.3) is 0 Å². The highest BCUT2D eigenvalue weighted by molar-refractivity contribution is 5.80. The fraction of sp³-hybridized carbons (Fsp3) is 0.708. The van der Waals surface area contributed by atoms with Crippen LogP contribution >= 0.6 is 0 Å². The summed E-state index contributed by atoms with van der Waals surface area (Å²) >= 11 is 0. The molecule has 1 atom stereocenters. The summed E-state index contributed by atoms with van der Waals surface area (Å²) < 4.78 is 17.2. The van der Waals surface area contributed by atoms with Crippen LogP contribution in [0, 0.1) is 0 Å². The zero-order valence-electron chi connectivity index (χ0n) is 19.7. The van der Waals surface area contributed by atoms with E-state index in [2.05, 4.69) is 39.6 Å². The van der Waals surface area contributed by atoms with Gasteiger partial charge in [0.05, 0.1) is 19.3 Å². The molecule has 3 rings (SSSR count). The molecule has 2 fully saturated rings. The minimum atomic E-state index is 0.0820. The summed E-state index contributed by atoms with van der Waals surface area (Å²) in [5.74, 6) is 2.40. The van der Waals surface area contributed by atoms with Crippen molar-refractivity contribution < 1.29 is 14.2 Å². The van der Waals surface area contributed by atoms with E-state index in [1.54, 1.807) is 0 Å². The summed E-state index contributed by atoms with van der Waals surface area (Å²) in [7, 11) is 1.83. The molecular formula is C24H40N4O3. The molecule has 2 N–H and O–H groups in total. The van der Waals surface area contributed by atoms with Gasteiger partial charge in [0.2, 0.25) is 0 Å². The summed E-state index contributed by atoms with van der Waals surface area (Å²) in [5.41, 5.74) is 1.30. The maximum absolute atomic E-state index is 5.79. The van der Waals surface area contributed by atoms with Gasteiger partial charge in [-0.3, -0.25) is 9.89 Å². The summed E-state index contributed by atoms with van der Waals surface area (Å²) in [6.45, 7) is 12.3. The molecule has 0 spiro atoms. The molecule has 7 heteroatoms. The zero-order valence-corrected chi connectivity index (χ0v) is 19.7. The first kappa shape index (κ1) is 23.7. The number of guanidine groups is 1. The number of nitrogens with one attached hydrogen (secondary N) is 2. The molecule has 0 saturated carbocycles. The Morgan fingerprint density at radius 3 is 2.45 bits per heavy atom. The van der Waals surface area contributed by atoms with Crippen molar-refractivity contribution in [2.24, 2.45) is 4.99 Å². The molecule has 1 unspecified atom stereocenters. The van der Waals surface area contributed by atoms with E-state index >= 15 is 0 Å². The second kappa shape index (κ2) is 11.6. The lowest BCUT2D eigenvalue weighted by atomic mass is 9.88. The molecule has 0 radical (unpaired) electrons. The molecule has 7 nitrogen and oxygen atoms in total. The summed E-state index contributed by atoms with van der Waals surface area (Å²) in [6, 6.07) is 6.22. The lowest BCUT2D eigenvalue weighted by Crippen LogP contribution is -2.58. The van der Waals surface area contributed by atoms with E-state index in [1.807, 2.05) is 27.0 Å². The Kier molecular flexibility index (Phi) is 8.84. The summed E-state index contributed by atoms with van der Waals surface area (Å²) in [4.78, 5) is 7.16. The van der Waals surface area contributed by atoms with Gasteiger partial charge >= 0.3 is 0 Å². The van der Waals surface area contributed by atoms with Gasteiger partial charge in [-0.2, -0.15) is 0 Å². The quantitative estimate of drug-likeness (QED) is 0.461. The normalized spacial score (nSPS) is 20.3. The van der Waals surface area contributed by atoms with E-state index in [4.69, 9.17) is 14.2 Å². The van der Waals surface area contributed by atoms with Gasteiger partial charge in [0.15, 0.2) is 17.5 Å². The van der Waals surface area contributed by atoms with E-state index in [-0.39, 0.29) is 11.6 Å². The van der Waals surface area contributed by atoms with Crippen molar-refractivity contribution in [2.45, 2.75) is 58.0 Å². The highest BCUT2D eigenvalue weighted by Gasteiger charge is 2.39. The molecule has 1 aromatic rings. The molecule has 31 heavy (non-hydrogen) atoms. The van der Waals surface area contributed by atoms with Crippen molar-refractivity contribution in [2.75, 3.05) is 53.1 Å². The van der Waals surface area contributed by atoms with Crippen LogP contribution < -0.4 is 20.1 Å². The Hall–Kier alpha value is -1.99. The van der Waals surface area contributed by atoms with Crippen molar-refractivity contribution in [1.29, 1.82) is 0 Å². The Morgan fingerprint density at radius 2 is 1.81 bits per heavy atom. The third-order valence-corrected chi connectivity index (χ3v) is 6.43. The minimum absolute atomic E-state index is 0.0820. The number of benzene rings is 1. The number of hydrogen-bond acceptors (Lipinski definition) is 5. The Morgan fingerprint density at radius 1 is 1.13 bits per heavy atom. The third-order valence-electron chi connectivity index (χ3n) is 6.43. The largest absolute Gasteiger partial charge is 0.490 e. The van der Waals surface area contributed by atoms with Crippen LogP contribution in [0.5, 0.6) is 11.5 Å². The predicted octanol–water partition coefficient (Wildman–Crippen LogP) is 3.36. The molecule has 0 amide bonds. The van der Waals surface area contributed by atoms with Crippen LogP contribution in [0.2, 0.25) is 0 Å². The number of ether oxygens (including phenoxy) is 3. The van der Waals surface area contributed by atoms with Gasteiger partial charge in [0, 0.05) is 32.3 Å². The molecule has 2 heterocycles. The van der Waals surface area contributed by atoms with Crippen molar-refractivity contribution in [3.8, 4) is 11.5 Å². The van der Waals surface area contributed by atoms with Crippen molar-refractivity contribution >= 4 is 5.96 Å². The standard InChI is InChI=1S/C24H40N4O3/c1-5-30-21-10-9-20(17-22(21)31-6-2)19(3)27-23(25-4)26-18-24(11-15-29-16-12-24)28-13-7-8-14-28/h9-10,17,19H,5-8,11-16,18H2,1-4H3,(H2,25,26,27). The number of rotatable bonds is 9. The van der Waals surface area contributed by atoms with Gasteiger partial charge < -0.3 is 24.8 Å². The lowest BCUT2D eigenvalue weighted by Gasteiger charge is -2.45. The molecule has 0 aromatic heterocycles. The molecule has 0 bridgehead atoms. The van der Waals surface area contributed by atoms with E-state index in [9.17, 15) is 0 Å². The van der Waals surface area contributed by atoms with Crippen LogP contribution in [-0.2, 0) is 4.74 Å². The number of likely N-dealkylation sites (tertiary alicyclic amines) is 1. The summed E-state index contributed by atoms with van der Waals surface area (Å²) in [6.07, 6.45) is 4.74. The highest BCUT2D eigenvalue weighted by atomic mass is 16.5. The van der Waals surface area contributed by atoms with Gasteiger partial charge in [-0.05, 0) is 77.2 Å². The van der Waals surface area contributed by atoms with Crippen molar-refractivity contribution in [3.05, 3.63) is 23.8 Å². The SMILES string of the molecule is CCOc1ccc(C(C)NC(=NC)NCC2(N3CCCC3)CCOCC2)cc1OCC. The smallest absolute Gasteiger partial charge is 0.191 e. The summed E-state index contributed by atoms with van der Waals surface area (Å²) in [5, 5.41) is 7.16. The fourth-order valence-electron chi connectivity index (χ4n) is 4.62.